The van der Waals surface area contributed by atoms with E-state index in [0.717, 1.165) is 23.3 Å². The van der Waals surface area contributed by atoms with Crippen LogP contribution >= 0.6 is 0 Å². The molecular weight excluding hydrogens is 250 g/mol. The van der Waals surface area contributed by atoms with Gasteiger partial charge in [-0.05, 0) is 38.5 Å². The van der Waals surface area contributed by atoms with Crippen LogP contribution in [0.4, 0.5) is 5.69 Å². The second-order valence-corrected chi connectivity index (χ2v) is 5.61. The Morgan fingerprint density at radius 1 is 1.30 bits per heavy atom. The lowest BCUT2D eigenvalue weighted by Gasteiger charge is -2.18. The topological polar surface area (TPSA) is 64.1 Å². The van der Waals surface area contributed by atoms with Gasteiger partial charge in [-0.25, -0.2) is 4.98 Å². The Labute approximate surface area is 120 Å². The van der Waals surface area contributed by atoms with E-state index in [-0.39, 0.29) is 0 Å². The molecule has 1 heterocycles. The van der Waals surface area contributed by atoms with Crippen molar-refractivity contribution in [2.24, 2.45) is 0 Å². The molecule has 1 aromatic carbocycles. The van der Waals surface area contributed by atoms with Gasteiger partial charge >= 0.3 is 0 Å². The number of aliphatic hydroxyl groups excluding tert-OH is 1. The summed E-state index contributed by atoms with van der Waals surface area (Å²) in [5.74, 6) is 0.731. The number of anilines is 1. The molecule has 110 valence electrons. The largest absolute Gasteiger partial charge is 0.399 e. The monoisotopic (exact) mass is 275 g/mol. The maximum absolute atomic E-state index is 9.98. The molecule has 0 spiro atoms. The summed E-state index contributed by atoms with van der Waals surface area (Å²) in [6.07, 6.45) is 4.19. The maximum Gasteiger partial charge on any atom is 0.138 e. The summed E-state index contributed by atoms with van der Waals surface area (Å²) in [7, 11) is 0. The number of rotatable bonds is 6. The van der Waals surface area contributed by atoms with Gasteiger partial charge < -0.3 is 15.4 Å². The van der Waals surface area contributed by atoms with E-state index in [4.69, 9.17) is 5.73 Å². The minimum Gasteiger partial charge on any atom is -0.399 e. The number of hydrogen-bond acceptors (Lipinski definition) is 3. The Hall–Kier alpha value is -1.55. The van der Waals surface area contributed by atoms with Crippen LogP contribution in [0.5, 0.6) is 0 Å². The number of nitrogens with zero attached hydrogens (tertiary/aromatic N) is 2. The summed E-state index contributed by atoms with van der Waals surface area (Å²) in [5, 5.41) is 9.98. The SMILES string of the molecule is CCCCCC(C)n1c(C(C)O)nc2cc(N)ccc21. The van der Waals surface area contributed by atoms with E-state index in [0.29, 0.717) is 11.7 Å². The quantitative estimate of drug-likeness (QED) is 0.622. The van der Waals surface area contributed by atoms with E-state index >= 15 is 0 Å². The molecule has 2 atom stereocenters. The normalized spacial score (nSPS) is 14.6. The minimum absolute atomic E-state index is 0.333. The van der Waals surface area contributed by atoms with Crippen molar-refractivity contribution in [3.8, 4) is 0 Å². The van der Waals surface area contributed by atoms with Gasteiger partial charge in [0.25, 0.3) is 0 Å². The van der Waals surface area contributed by atoms with E-state index in [1.165, 1.54) is 19.3 Å². The fraction of sp³-hybridized carbons (Fsp3) is 0.562. The minimum atomic E-state index is -0.572. The predicted molar refractivity (Wildman–Crippen MR) is 83.6 cm³/mol. The van der Waals surface area contributed by atoms with Crippen molar-refractivity contribution >= 4 is 16.7 Å². The molecule has 0 saturated heterocycles. The highest BCUT2D eigenvalue weighted by Gasteiger charge is 2.18. The highest BCUT2D eigenvalue weighted by atomic mass is 16.3. The fourth-order valence-corrected chi connectivity index (χ4v) is 2.71. The summed E-state index contributed by atoms with van der Waals surface area (Å²) in [6.45, 7) is 6.17. The molecule has 0 amide bonds. The first-order valence-electron chi connectivity index (χ1n) is 7.50. The van der Waals surface area contributed by atoms with Crippen molar-refractivity contribution < 1.29 is 5.11 Å². The van der Waals surface area contributed by atoms with E-state index in [1.54, 1.807) is 6.92 Å². The molecule has 0 saturated carbocycles. The van der Waals surface area contributed by atoms with Crippen molar-refractivity contribution in [3.63, 3.8) is 0 Å². The van der Waals surface area contributed by atoms with Crippen LogP contribution in [0.1, 0.15) is 64.4 Å². The predicted octanol–water partition coefficient (Wildman–Crippen LogP) is 3.81. The van der Waals surface area contributed by atoms with Crippen molar-refractivity contribution in [2.75, 3.05) is 5.73 Å². The molecule has 2 rings (SSSR count). The number of aromatic nitrogens is 2. The Morgan fingerprint density at radius 2 is 2.05 bits per heavy atom. The Morgan fingerprint density at radius 3 is 2.70 bits per heavy atom. The van der Waals surface area contributed by atoms with E-state index in [1.807, 2.05) is 18.2 Å². The highest BCUT2D eigenvalue weighted by molar-refractivity contribution is 5.79. The maximum atomic E-state index is 9.98. The van der Waals surface area contributed by atoms with Gasteiger partial charge in [-0.2, -0.15) is 0 Å². The van der Waals surface area contributed by atoms with Crippen LogP contribution in [0, 0.1) is 0 Å². The van der Waals surface area contributed by atoms with E-state index < -0.39 is 6.10 Å². The van der Waals surface area contributed by atoms with Gasteiger partial charge in [-0.3, -0.25) is 0 Å². The van der Waals surface area contributed by atoms with Gasteiger partial charge in [0.05, 0.1) is 11.0 Å². The number of nitrogen functional groups attached to an aromatic ring is 1. The Balaban J connectivity index is 2.40. The number of unbranched alkanes of at least 4 members (excludes halogenated alkanes) is 2. The molecule has 0 aliphatic carbocycles. The first-order valence-corrected chi connectivity index (χ1v) is 7.50. The first kappa shape index (κ1) is 14.9. The Bertz CT molecular complexity index is 574. The van der Waals surface area contributed by atoms with Gasteiger partial charge in [0.15, 0.2) is 0 Å². The van der Waals surface area contributed by atoms with Crippen LogP contribution < -0.4 is 5.73 Å². The lowest BCUT2D eigenvalue weighted by atomic mass is 10.1. The lowest BCUT2D eigenvalue weighted by molar-refractivity contribution is 0.181. The fourth-order valence-electron chi connectivity index (χ4n) is 2.71. The van der Waals surface area contributed by atoms with E-state index in [2.05, 4.69) is 23.4 Å². The third-order valence-corrected chi connectivity index (χ3v) is 3.78. The number of imidazole rings is 1. The molecule has 1 aromatic heterocycles. The van der Waals surface area contributed by atoms with Gasteiger partial charge in [0.2, 0.25) is 0 Å². The summed E-state index contributed by atoms with van der Waals surface area (Å²) in [6, 6.07) is 6.10. The summed E-state index contributed by atoms with van der Waals surface area (Å²) in [4.78, 5) is 4.56. The van der Waals surface area contributed by atoms with Crippen molar-refractivity contribution in [2.45, 2.75) is 58.6 Å². The molecule has 2 aromatic rings. The molecule has 4 nitrogen and oxygen atoms in total. The second-order valence-electron chi connectivity index (χ2n) is 5.61. The lowest BCUT2D eigenvalue weighted by Crippen LogP contribution is -2.11. The first-order chi connectivity index (χ1) is 9.54. The molecule has 0 radical (unpaired) electrons. The third kappa shape index (κ3) is 2.96. The molecule has 0 fully saturated rings. The van der Waals surface area contributed by atoms with Crippen LogP contribution in [0.2, 0.25) is 0 Å². The van der Waals surface area contributed by atoms with Crippen molar-refractivity contribution in [3.05, 3.63) is 24.0 Å². The smallest absolute Gasteiger partial charge is 0.138 e. The van der Waals surface area contributed by atoms with Crippen LogP contribution in [0.3, 0.4) is 0 Å². The molecule has 0 aliphatic rings. The van der Waals surface area contributed by atoms with Crippen LogP contribution in [0.25, 0.3) is 11.0 Å². The van der Waals surface area contributed by atoms with Gasteiger partial charge in [0, 0.05) is 11.7 Å². The summed E-state index contributed by atoms with van der Waals surface area (Å²) >= 11 is 0. The number of benzene rings is 1. The zero-order chi connectivity index (χ0) is 14.7. The zero-order valence-electron chi connectivity index (χ0n) is 12.6. The van der Waals surface area contributed by atoms with Crippen LogP contribution in [-0.4, -0.2) is 14.7 Å². The number of aliphatic hydroxyl groups is 1. The summed E-state index contributed by atoms with van der Waals surface area (Å²) < 4.78 is 2.16. The average Bonchev–Trinajstić information content (AvgIpc) is 2.77. The third-order valence-electron chi connectivity index (χ3n) is 3.78. The molecule has 3 N–H and O–H groups in total. The summed E-state index contributed by atoms with van der Waals surface area (Å²) in [5.41, 5.74) is 8.45. The van der Waals surface area contributed by atoms with E-state index in [9.17, 15) is 5.11 Å². The zero-order valence-corrected chi connectivity index (χ0v) is 12.6. The van der Waals surface area contributed by atoms with Crippen molar-refractivity contribution in [1.29, 1.82) is 0 Å². The molecule has 0 bridgehead atoms. The molecule has 2 unspecified atom stereocenters. The molecule has 4 heteroatoms. The van der Waals surface area contributed by atoms with Crippen molar-refractivity contribution in [1.82, 2.24) is 9.55 Å². The molecule has 0 aliphatic heterocycles. The number of hydrogen-bond donors (Lipinski definition) is 2. The number of nitrogens with two attached hydrogens (primary N) is 1. The highest BCUT2D eigenvalue weighted by Crippen LogP contribution is 2.28. The Kier molecular flexibility index (Phi) is 4.65. The van der Waals surface area contributed by atoms with Crippen LogP contribution in [0.15, 0.2) is 18.2 Å². The standard InChI is InChI=1S/C16H25N3O/c1-4-5-6-7-11(2)19-15-9-8-13(17)10-14(15)18-16(19)12(3)20/h8-12,20H,4-7,17H2,1-3H3. The average molecular weight is 275 g/mol. The van der Waals surface area contributed by atoms with Gasteiger partial charge in [-0.15, -0.1) is 0 Å². The molecule has 20 heavy (non-hydrogen) atoms. The molecular formula is C16H25N3O. The number of fused-ring (bicyclic) bond motifs is 1. The van der Waals surface area contributed by atoms with Gasteiger partial charge in [0.1, 0.15) is 11.9 Å². The second kappa shape index (κ2) is 6.27. The van der Waals surface area contributed by atoms with Gasteiger partial charge in [-0.1, -0.05) is 26.2 Å². The van der Waals surface area contributed by atoms with Crippen LogP contribution in [-0.2, 0) is 0 Å².